The molecule has 0 saturated carbocycles. The standard InChI is InChI=1S/C40H62N6O6S/c1-9-26(4)35(45(6)40(50)34(25(2)3)44-38(49)29-17-18-41-24-29)32(51-7)23-33(47)46-20-13-16-31(46)36(52-8)27(5)37(48)43-30(39-42-19-21-53-39)22-28-14-11-10-12-15-28/h10-12,14-15,19,21,25-27,29-32,34-36,41H,9,13,16-18,20,22-24H2,1-8H3,(H,43,48)(H,44,49)/t26-,27+,29?,30?,31-,32?,34-,35?,36?/m0/s1. The maximum atomic E-state index is 14.2. The van der Waals surface area contributed by atoms with E-state index in [4.69, 9.17) is 9.47 Å². The maximum Gasteiger partial charge on any atom is 0.245 e. The molecule has 0 bridgehead atoms. The lowest BCUT2D eigenvalue weighted by Gasteiger charge is -2.41. The fourth-order valence-corrected chi connectivity index (χ4v) is 8.64. The van der Waals surface area contributed by atoms with Gasteiger partial charge in [-0.3, -0.25) is 19.2 Å². The second-order valence-electron chi connectivity index (χ2n) is 15.1. The monoisotopic (exact) mass is 754 g/mol. The second kappa shape index (κ2) is 20.3. The van der Waals surface area contributed by atoms with Crippen molar-refractivity contribution in [1.29, 1.82) is 0 Å². The molecule has 0 radical (unpaired) electrons. The summed E-state index contributed by atoms with van der Waals surface area (Å²) in [7, 11) is 4.94. The van der Waals surface area contributed by atoms with Crippen molar-refractivity contribution in [2.75, 3.05) is 40.9 Å². The Kier molecular flexibility index (Phi) is 16.3. The predicted octanol–water partition coefficient (Wildman–Crippen LogP) is 4.21. The summed E-state index contributed by atoms with van der Waals surface area (Å²) in [6.45, 7) is 11.8. The highest BCUT2D eigenvalue weighted by Crippen LogP contribution is 2.30. The molecule has 0 spiro atoms. The zero-order valence-electron chi connectivity index (χ0n) is 32.9. The van der Waals surface area contributed by atoms with Gasteiger partial charge in [0.05, 0.1) is 48.6 Å². The largest absolute Gasteiger partial charge is 0.379 e. The number of aromatic nitrogens is 1. The Morgan fingerprint density at radius 2 is 1.79 bits per heavy atom. The van der Waals surface area contributed by atoms with Crippen molar-refractivity contribution in [2.24, 2.45) is 23.7 Å². The number of nitrogens with one attached hydrogen (secondary N) is 3. The molecule has 3 heterocycles. The topological polar surface area (TPSA) is 142 Å². The van der Waals surface area contributed by atoms with Crippen LogP contribution in [0.3, 0.4) is 0 Å². The molecule has 9 atom stereocenters. The first-order valence-corrected chi connectivity index (χ1v) is 20.2. The highest BCUT2D eigenvalue weighted by molar-refractivity contribution is 7.09. The normalized spacial score (nSPS) is 21.3. The average Bonchev–Trinajstić information content (AvgIpc) is 3.97. The zero-order valence-corrected chi connectivity index (χ0v) is 33.7. The van der Waals surface area contributed by atoms with Crippen molar-refractivity contribution < 1.29 is 28.7 Å². The van der Waals surface area contributed by atoms with Crippen molar-refractivity contribution >= 4 is 35.0 Å². The van der Waals surface area contributed by atoms with Gasteiger partial charge in [-0.25, -0.2) is 4.98 Å². The van der Waals surface area contributed by atoms with Gasteiger partial charge in [0.1, 0.15) is 11.0 Å². The van der Waals surface area contributed by atoms with Gasteiger partial charge in [0, 0.05) is 45.9 Å². The van der Waals surface area contributed by atoms with Gasteiger partial charge in [-0.2, -0.15) is 0 Å². The molecule has 2 aliphatic rings. The number of likely N-dealkylation sites (tertiary alicyclic amines) is 1. The summed E-state index contributed by atoms with van der Waals surface area (Å²) in [5, 5.41) is 12.2. The van der Waals surface area contributed by atoms with Gasteiger partial charge in [-0.05, 0) is 49.6 Å². The summed E-state index contributed by atoms with van der Waals surface area (Å²) >= 11 is 1.51. The van der Waals surface area contributed by atoms with Crippen LogP contribution in [-0.2, 0) is 35.1 Å². The van der Waals surface area contributed by atoms with Crippen molar-refractivity contribution in [3.05, 3.63) is 52.5 Å². The minimum Gasteiger partial charge on any atom is -0.379 e. The van der Waals surface area contributed by atoms with Crippen LogP contribution in [0.25, 0.3) is 0 Å². The number of rotatable bonds is 19. The number of carbonyl (C=O) groups excluding carboxylic acids is 4. The SMILES string of the molecule is CC[C@H](C)C(C(CC(=O)N1CCC[C@H]1C(OC)[C@@H](C)C(=O)NC(Cc1ccccc1)c1nccs1)OC)N(C)C(=O)[C@@H](NC(=O)C1CCNC1)C(C)C. The van der Waals surface area contributed by atoms with Gasteiger partial charge in [0.15, 0.2) is 0 Å². The van der Waals surface area contributed by atoms with Crippen LogP contribution in [-0.4, -0.2) is 110 Å². The molecule has 2 aliphatic heterocycles. The summed E-state index contributed by atoms with van der Waals surface area (Å²) in [6, 6.07) is 8.31. The average molecular weight is 755 g/mol. The van der Waals surface area contributed by atoms with E-state index in [1.54, 1.807) is 32.4 Å². The number of methoxy groups -OCH3 is 2. The van der Waals surface area contributed by atoms with Crippen molar-refractivity contribution in [3.63, 3.8) is 0 Å². The third-order valence-electron chi connectivity index (χ3n) is 11.3. The van der Waals surface area contributed by atoms with E-state index in [1.165, 1.54) is 11.3 Å². The summed E-state index contributed by atoms with van der Waals surface area (Å²) < 4.78 is 12.1. The summed E-state index contributed by atoms with van der Waals surface area (Å²) in [5.74, 6) is -1.39. The molecule has 0 aliphatic carbocycles. The number of amides is 4. The molecule has 2 saturated heterocycles. The van der Waals surface area contributed by atoms with Crippen LogP contribution in [0.1, 0.15) is 83.3 Å². The third kappa shape index (κ3) is 10.9. The van der Waals surface area contributed by atoms with E-state index in [0.29, 0.717) is 25.9 Å². The lowest BCUT2D eigenvalue weighted by atomic mass is 9.89. The molecule has 4 amide bonds. The number of hydrogen-bond donors (Lipinski definition) is 3. The summed E-state index contributed by atoms with van der Waals surface area (Å²) in [6.07, 6.45) is 4.30. The zero-order chi connectivity index (χ0) is 38.7. The van der Waals surface area contributed by atoms with Gasteiger partial charge in [-0.1, -0.05) is 71.4 Å². The highest BCUT2D eigenvalue weighted by atomic mass is 32.1. The van der Waals surface area contributed by atoms with Gasteiger partial charge in [0.2, 0.25) is 23.6 Å². The van der Waals surface area contributed by atoms with Crippen LogP contribution in [0.2, 0.25) is 0 Å². The van der Waals surface area contributed by atoms with Gasteiger partial charge in [-0.15, -0.1) is 11.3 Å². The summed E-state index contributed by atoms with van der Waals surface area (Å²) in [5.41, 5.74) is 1.10. The van der Waals surface area contributed by atoms with Crippen LogP contribution in [0.15, 0.2) is 41.9 Å². The Balaban J connectivity index is 1.47. The van der Waals surface area contributed by atoms with Gasteiger partial charge in [0.25, 0.3) is 0 Å². The number of carbonyl (C=O) groups is 4. The molecule has 13 heteroatoms. The van der Waals surface area contributed by atoms with E-state index in [-0.39, 0.29) is 59.9 Å². The first kappa shape index (κ1) is 42.4. The Morgan fingerprint density at radius 3 is 2.38 bits per heavy atom. The van der Waals surface area contributed by atoms with E-state index in [0.717, 1.165) is 36.4 Å². The summed E-state index contributed by atoms with van der Waals surface area (Å²) in [4.78, 5) is 63.3. The molecular formula is C40H62N6O6S. The van der Waals surface area contributed by atoms with Crippen molar-refractivity contribution in [2.45, 2.75) is 110 Å². The van der Waals surface area contributed by atoms with Crippen LogP contribution in [0.4, 0.5) is 0 Å². The number of hydrogen-bond acceptors (Lipinski definition) is 9. The van der Waals surface area contributed by atoms with Gasteiger partial charge < -0.3 is 35.2 Å². The minimum atomic E-state index is -0.700. The Hall–Kier alpha value is -3.39. The van der Waals surface area contributed by atoms with Crippen molar-refractivity contribution in [1.82, 2.24) is 30.7 Å². The first-order valence-electron chi connectivity index (χ1n) is 19.3. The van der Waals surface area contributed by atoms with Crippen LogP contribution in [0.5, 0.6) is 0 Å². The first-order chi connectivity index (χ1) is 25.4. The fourth-order valence-electron chi connectivity index (χ4n) is 7.95. The fraction of sp³-hybridized carbons (Fsp3) is 0.675. The van der Waals surface area contributed by atoms with Crippen LogP contribution >= 0.6 is 11.3 Å². The number of ether oxygens (including phenoxy) is 2. The number of thiazole rings is 1. The molecule has 4 rings (SSSR count). The Morgan fingerprint density at radius 1 is 1.06 bits per heavy atom. The highest BCUT2D eigenvalue weighted by Gasteiger charge is 2.43. The van der Waals surface area contributed by atoms with Crippen LogP contribution < -0.4 is 16.0 Å². The second-order valence-corrected chi connectivity index (χ2v) is 16.1. The van der Waals surface area contributed by atoms with Gasteiger partial charge >= 0.3 is 0 Å². The maximum absolute atomic E-state index is 14.2. The lowest BCUT2D eigenvalue weighted by Crippen LogP contribution is -2.58. The molecule has 2 aromatic rings. The van der Waals surface area contributed by atoms with E-state index >= 15 is 0 Å². The van der Waals surface area contributed by atoms with Crippen LogP contribution in [0, 0.1) is 23.7 Å². The number of likely N-dealkylation sites (N-methyl/N-ethyl adjacent to an activating group) is 1. The third-order valence-corrected chi connectivity index (χ3v) is 12.2. The molecule has 2 fully saturated rings. The molecule has 1 aromatic heterocycles. The lowest BCUT2D eigenvalue weighted by molar-refractivity contribution is -0.148. The molecule has 5 unspecified atom stereocenters. The number of nitrogens with zero attached hydrogens (tertiary/aromatic N) is 3. The van der Waals surface area contributed by atoms with E-state index < -0.39 is 30.2 Å². The molecule has 294 valence electrons. The Labute approximate surface area is 320 Å². The molecule has 1 aromatic carbocycles. The van der Waals surface area contributed by atoms with E-state index in [1.807, 2.05) is 61.4 Å². The molecule has 53 heavy (non-hydrogen) atoms. The van der Waals surface area contributed by atoms with Crippen molar-refractivity contribution in [3.8, 4) is 0 Å². The number of benzene rings is 1. The molecular weight excluding hydrogens is 693 g/mol. The van der Waals surface area contributed by atoms with E-state index in [2.05, 4.69) is 34.8 Å². The Bertz CT molecular complexity index is 1450. The van der Waals surface area contributed by atoms with E-state index in [9.17, 15) is 19.2 Å². The smallest absolute Gasteiger partial charge is 0.245 e. The molecule has 3 N–H and O–H groups in total. The minimum absolute atomic E-state index is 0.00993. The molecule has 12 nitrogen and oxygen atoms in total. The quantitative estimate of drug-likeness (QED) is 0.194. The predicted molar refractivity (Wildman–Crippen MR) is 207 cm³/mol.